The van der Waals surface area contributed by atoms with Gasteiger partial charge in [-0.15, -0.1) is 0 Å². The lowest BCUT2D eigenvalue weighted by atomic mass is 9.94. The maximum atomic E-state index is 11.1. The smallest absolute Gasteiger partial charge is 0.307 e. The van der Waals surface area contributed by atoms with Crippen LogP contribution in [-0.2, 0) is 21.5 Å². The van der Waals surface area contributed by atoms with Crippen molar-refractivity contribution < 1.29 is 13.9 Å². The van der Waals surface area contributed by atoms with E-state index in [4.69, 9.17) is 9.15 Å². The molecule has 1 rings (SSSR count). The molecule has 5 heteroatoms. The molecule has 0 amide bonds. The first-order chi connectivity index (χ1) is 8.43. The number of carbonyl (C=O) groups is 1. The third-order valence-electron chi connectivity index (χ3n) is 2.38. The first kappa shape index (κ1) is 14.7. The van der Waals surface area contributed by atoms with Crippen molar-refractivity contribution in [2.45, 2.75) is 46.1 Å². The number of oxazole rings is 1. The van der Waals surface area contributed by atoms with Crippen LogP contribution in [0.25, 0.3) is 0 Å². The number of nitrogens with zero attached hydrogens (tertiary/aromatic N) is 1. The summed E-state index contributed by atoms with van der Waals surface area (Å²) in [6.07, 6.45) is 2.11. The molecule has 18 heavy (non-hydrogen) atoms. The van der Waals surface area contributed by atoms with E-state index in [0.717, 1.165) is 5.76 Å². The molecule has 102 valence electrons. The number of ether oxygens (including phenoxy) is 1. The van der Waals surface area contributed by atoms with Gasteiger partial charge in [0.25, 0.3) is 0 Å². The molecule has 0 aliphatic carbocycles. The molecule has 0 atom stereocenters. The maximum Gasteiger partial charge on any atom is 0.307 e. The van der Waals surface area contributed by atoms with Crippen LogP contribution in [0.3, 0.4) is 0 Å². The summed E-state index contributed by atoms with van der Waals surface area (Å²) in [6, 6.07) is 0. The molecule has 0 saturated heterocycles. The van der Waals surface area contributed by atoms with Crippen molar-refractivity contribution in [3.63, 3.8) is 0 Å². The van der Waals surface area contributed by atoms with Gasteiger partial charge in [-0.1, -0.05) is 20.8 Å². The number of rotatable bonds is 6. The zero-order valence-electron chi connectivity index (χ0n) is 11.6. The summed E-state index contributed by atoms with van der Waals surface area (Å²) in [5, 5.41) is 3.10. The standard InChI is InChI=1S/C13H22N2O3/c1-5-17-12(16)6-7-14-9-11-15-8-10(18-11)13(2,3)4/h8,14H,5-7,9H2,1-4H3. The van der Waals surface area contributed by atoms with Crippen molar-refractivity contribution in [2.24, 2.45) is 0 Å². The van der Waals surface area contributed by atoms with E-state index in [9.17, 15) is 4.79 Å². The van der Waals surface area contributed by atoms with E-state index in [1.807, 2.05) is 0 Å². The average Bonchev–Trinajstić information content (AvgIpc) is 2.73. The first-order valence-electron chi connectivity index (χ1n) is 6.25. The Balaban J connectivity index is 2.28. The van der Waals surface area contributed by atoms with Crippen LogP contribution in [0.4, 0.5) is 0 Å². The van der Waals surface area contributed by atoms with Gasteiger partial charge < -0.3 is 14.5 Å². The minimum atomic E-state index is -0.187. The predicted molar refractivity (Wildman–Crippen MR) is 68.2 cm³/mol. The Morgan fingerprint density at radius 3 is 2.78 bits per heavy atom. The molecule has 0 fully saturated rings. The van der Waals surface area contributed by atoms with Crippen LogP contribution in [0.15, 0.2) is 10.6 Å². The molecule has 0 aliphatic heterocycles. The second-order valence-corrected chi connectivity index (χ2v) is 5.10. The number of hydrogen-bond donors (Lipinski definition) is 1. The van der Waals surface area contributed by atoms with E-state index in [-0.39, 0.29) is 11.4 Å². The van der Waals surface area contributed by atoms with Gasteiger partial charge in [-0.05, 0) is 6.92 Å². The summed E-state index contributed by atoms with van der Waals surface area (Å²) in [7, 11) is 0. The lowest BCUT2D eigenvalue weighted by Crippen LogP contribution is -2.19. The van der Waals surface area contributed by atoms with Crippen LogP contribution >= 0.6 is 0 Å². The fraction of sp³-hybridized carbons (Fsp3) is 0.692. The molecule has 1 N–H and O–H groups in total. The van der Waals surface area contributed by atoms with Gasteiger partial charge >= 0.3 is 5.97 Å². The van der Waals surface area contributed by atoms with Gasteiger partial charge in [-0.2, -0.15) is 0 Å². The lowest BCUT2D eigenvalue weighted by molar-refractivity contribution is -0.142. The molecular weight excluding hydrogens is 232 g/mol. The number of hydrogen-bond acceptors (Lipinski definition) is 5. The van der Waals surface area contributed by atoms with Crippen LogP contribution in [-0.4, -0.2) is 24.1 Å². The van der Waals surface area contributed by atoms with Crippen LogP contribution in [0.2, 0.25) is 0 Å². The molecule has 0 radical (unpaired) electrons. The minimum Gasteiger partial charge on any atom is -0.466 e. The molecule has 1 heterocycles. The van der Waals surface area contributed by atoms with E-state index in [1.165, 1.54) is 0 Å². The Hall–Kier alpha value is -1.36. The highest BCUT2D eigenvalue weighted by Gasteiger charge is 2.18. The van der Waals surface area contributed by atoms with E-state index in [1.54, 1.807) is 13.1 Å². The molecule has 0 spiro atoms. The van der Waals surface area contributed by atoms with E-state index >= 15 is 0 Å². The second kappa shape index (κ2) is 6.54. The van der Waals surface area contributed by atoms with Crippen LogP contribution in [0.1, 0.15) is 45.8 Å². The highest BCUT2D eigenvalue weighted by Crippen LogP contribution is 2.22. The van der Waals surface area contributed by atoms with Crippen molar-refractivity contribution in [3.8, 4) is 0 Å². The summed E-state index contributed by atoms with van der Waals surface area (Å²) in [5.74, 6) is 1.32. The Labute approximate surface area is 108 Å². The number of carbonyl (C=O) groups excluding carboxylic acids is 1. The van der Waals surface area contributed by atoms with Crippen LogP contribution in [0.5, 0.6) is 0 Å². The number of aromatic nitrogens is 1. The number of esters is 1. The van der Waals surface area contributed by atoms with Crippen molar-refractivity contribution >= 4 is 5.97 Å². The van der Waals surface area contributed by atoms with Gasteiger partial charge in [0.2, 0.25) is 5.89 Å². The zero-order chi connectivity index (χ0) is 13.6. The Morgan fingerprint density at radius 2 is 2.22 bits per heavy atom. The summed E-state index contributed by atoms with van der Waals surface area (Å²) in [6.45, 7) is 9.53. The third kappa shape index (κ3) is 4.87. The highest BCUT2D eigenvalue weighted by molar-refractivity contribution is 5.69. The lowest BCUT2D eigenvalue weighted by Gasteiger charge is -2.13. The Morgan fingerprint density at radius 1 is 1.50 bits per heavy atom. The quantitative estimate of drug-likeness (QED) is 0.621. The van der Waals surface area contributed by atoms with Crippen LogP contribution < -0.4 is 5.32 Å². The molecule has 1 aromatic rings. The molecule has 0 unspecified atom stereocenters. The SMILES string of the molecule is CCOC(=O)CCNCc1ncc(C(C)(C)C)o1. The summed E-state index contributed by atoms with van der Waals surface area (Å²) >= 11 is 0. The van der Waals surface area contributed by atoms with Gasteiger partial charge in [-0.25, -0.2) is 4.98 Å². The van der Waals surface area contributed by atoms with E-state index < -0.39 is 0 Å². The minimum absolute atomic E-state index is 0.0316. The third-order valence-corrected chi connectivity index (χ3v) is 2.38. The van der Waals surface area contributed by atoms with Crippen LogP contribution in [0, 0.1) is 0 Å². The predicted octanol–water partition coefficient (Wildman–Crippen LogP) is 2.01. The molecule has 1 aromatic heterocycles. The van der Waals surface area contributed by atoms with E-state index in [0.29, 0.717) is 32.0 Å². The fourth-order valence-corrected chi connectivity index (χ4v) is 1.36. The van der Waals surface area contributed by atoms with Gasteiger partial charge in [-0.3, -0.25) is 4.79 Å². The monoisotopic (exact) mass is 254 g/mol. The van der Waals surface area contributed by atoms with Gasteiger partial charge in [0.15, 0.2) is 0 Å². The van der Waals surface area contributed by atoms with Gasteiger partial charge in [0.05, 0.1) is 25.8 Å². The molecular formula is C13H22N2O3. The largest absolute Gasteiger partial charge is 0.466 e. The molecule has 0 aliphatic rings. The molecule has 0 saturated carbocycles. The summed E-state index contributed by atoms with van der Waals surface area (Å²) < 4.78 is 10.4. The summed E-state index contributed by atoms with van der Waals surface area (Å²) in [4.78, 5) is 15.3. The topological polar surface area (TPSA) is 64.4 Å². The Bertz CT molecular complexity index is 380. The Kier molecular flexibility index (Phi) is 5.34. The summed E-state index contributed by atoms with van der Waals surface area (Å²) in [5.41, 5.74) is -0.0316. The molecule has 0 aromatic carbocycles. The van der Waals surface area contributed by atoms with Crippen molar-refractivity contribution in [3.05, 3.63) is 17.8 Å². The van der Waals surface area contributed by atoms with Crippen molar-refractivity contribution in [1.29, 1.82) is 0 Å². The van der Waals surface area contributed by atoms with Gasteiger partial charge in [0, 0.05) is 12.0 Å². The number of nitrogens with one attached hydrogen (secondary N) is 1. The van der Waals surface area contributed by atoms with Crippen molar-refractivity contribution in [2.75, 3.05) is 13.2 Å². The first-order valence-corrected chi connectivity index (χ1v) is 6.25. The maximum absolute atomic E-state index is 11.1. The van der Waals surface area contributed by atoms with E-state index in [2.05, 4.69) is 31.1 Å². The van der Waals surface area contributed by atoms with Crippen molar-refractivity contribution in [1.82, 2.24) is 10.3 Å². The average molecular weight is 254 g/mol. The molecule has 5 nitrogen and oxygen atoms in total. The normalized spacial score (nSPS) is 11.6. The van der Waals surface area contributed by atoms with Gasteiger partial charge in [0.1, 0.15) is 5.76 Å². The highest BCUT2D eigenvalue weighted by atomic mass is 16.5. The molecule has 0 bridgehead atoms. The second-order valence-electron chi connectivity index (χ2n) is 5.10. The zero-order valence-corrected chi connectivity index (χ0v) is 11.6. The fourth-order valence-electron chi connectivity index (χ4n) is 1.36.